The summed E-state index contributed by atoms with van der Waals surface area (Å²) in [6.07, 6.45) is 17.4. The first-order chi connectivity index (χ1) is 15.4. The zero-order valence-corrected chi connectivity index (χ0v) is 19.5. The largest absolute Gasteiger partial charge is 0.462 e. The third-order valence-electron chi connectivity index (χ3n) is 9.67. The average Bonchev–Trinajstić information content (AvgIpc) is 3.34. The van der Waals surface area contributed by atoms with Crippen molar-refractivity contribution in [2.45, 2.75) is 71.8 Å². The van der Waals surface area contributed by atoms with Crippen molar-refractivity contribution < 1.29 is 9.53 Å². The van der Waals surface area contributed by atoms with Crippen LogP contribution in [0.25, 0.3) is 11.2 Å². The number of allylic oxidation sites excluding steroid dienone is 3. The van der Waals surface area contributed by atoms with Crippen LogP contribution in [0.1, 0.15) is 71.4 Å². The highest BCUT2D eigenvalue weighted by Gasteiger charge is 2.57. The minimum absolute atomic E-state index is 0.0760. The first-order valence-corrected chi connectivity index (χ1v) is 12.4. The van der Waals surface area contributed by atoms with Gasteiger partial charge in [0.1, 0.15) is 11.8 Å². The van der Waals surface area contributed by atoms with Crippen LogP contribution in [0.3, 0.4) is 0 Å². The Bertz CT molecular complexity index is 1140. The Morgan fingerprint density at radius 2 is 1.94 bits per heavy atom. The minimum atomic E-state index is -0.140. The molecular weight excluding hydrogens is 396 g/mol. The van der Waals surface area contributed by atoms with Crippen molar-refractivity contribution in [2.24, 2.45) is 28.6 Å². The summed E-state index contributed by atoms with van der Waals surface area (Å²) in [5, 5.41) is 0. The number of carbonyl (C=O) groups excluding carboxylic acids is 1. The summed E-state index contributed by atoms with van der Waals surface area (Å²) in [6, 6.07) is 6.26. The minimum Gasteiger partial charge on any atom is -0.462 e. The highest BCUT2D eigenvalue weighted by atomic mass is 16.5. The highest BCUT2D eigenvalue weighted by Crippen LogP contribution is 2.66. The van der Waals surface area contributed by atoms with E-state index in [1.165, 1.54) is 43.9 Å². The molecule has 2 heterocycles. The van der Waals surface area contributed by atoms with E-state index in [0.717, 1.165) is 36.7 Å². The molecule has 4 nitrogen and oxygen atoms in total. The standard InChI is InChI=1S/C28H34N2O2/c1-18(31)32-20-11-13-27(2)19(16-20)7-8-21-22-9-10-24(28(22,3)14-12-23(21)27)25-17-29-26-6-4-5-15-30(25)26/h4-7,10,15,17,20-23H,8-9,11-14,16H2,1-3H3/t20-,21-,22-,23-,27-,28-/m0/s1. The molecule has 32 heavy (non-hydrogen) atoms. The van der Waals surface area contributed by atoms with Crippen molar-refractivity contribution in [3.05, 3.63) is 54.0 Å². The van der Waals surface area contributed by atoms with Crippen LogP contribution in [-0.4, -0.2) is 21.5 Å². The smallest absolute Gasteiger partial charge is 0.302 e. The molecule has 0 amide bonds. The first kappa shape index (κ1) is 20.3. The van der Waals surface area contributed by atoms with E-state index in [2.05, 4.69) is 66.0 Å². The van der Waals surface area contributed by atoms with Gasteiger partial charge in [0, 0.05) is 19.5 Å². The summed E-state index contributed by atoms with van der Waals surface area (Å²) < 4.78 is 7.87. The summed E-state index contributed by atoms with van der Waals surface area (Å²) in [4.78, 5) is 16.2. The number of ether oxygens (including phenoxy) is 1. The van der Waals surface area contributed by atoms with Gasteiger partial charge in [0.05, 0.1) is 11.9 Å². The number of fused-ring (bicyclic) bond motifs is 6. The van der Waals surface area contributed by atoms with Gasteiger partial charge in [-0.2, -0.15) is 0 Å². The second-order valence-electron chi connectivity index (χ2n) is 11.1. The first-order valence-electron chi connectivity index (χ1n) is 12.4. The number of nitrogens with zero attached hydrogens (tertiary/aromatic N) is 2. The molecule has 6 rings (SSSR count). The number of hydrogen-bond donors (Lipinski definition) is 0. The number of carbonyl (C=O) groups is 1. The summed E-state index contributed by atoms with van der Waals surface area (Å²) in [7, 11) is 0. The summed E-state index contributed by atoms with van der Waals surface area (Å²) in [6.45, 7) is 6.57. The molecule has 4 aliphatic rings. The number of esters is 1. The predicted molar refractivity (Wildman–Crippen MR) is 126 cm³/mol. The third kappa shape index (κ3) is 2.80. The SMILES string of the molecule is CC(=O)O[C@H]1CC[C@@]2(C)C(=CC[C@@H]3[C@@H]2CC[C@]2(C)C(c4cnc5ccccn45)=CC[C@@H]32)C1. The van der Waals surface area contributed by atoms with Gasteiger partial charge in [-0.15, -0.1) is 0 Å². The van der Waals surface area contributed by atoms with Gasteiger partial charge in [0.2, 0.25) is 0 Å². The number of rotatable bonds is 2. The van der Waals surface area contributed by atoms with Crippen LogP contribution in [0.2, 0.25) is 0 Å². The van der Waals surface area contributed by atoms with Crippen molar-refractivity contribution in [2.75, 3.05) is 0 Å². The summed E-state index contributed by atoms with van der Waals surface area (Å²) in [5.41, 5.74) is 5.89. The highest BCUT2D eigenvalue weighted by molar-refractivity contribution is 5.72. The van der Waals surface area contributed by atoms with E-state index in [1.54, 1.807) is 5.57 Å². The van der Waals surface area contributed by atoms with E-state index >= 15 is 0 Å². The molecule has 0 N–H and O–H groups in total. The normalized spacial score (nSPS) is 38.3. The fourth-order valence-electron chi connectivity index (χ4n) is 8.06. The van der Waals surface area contributed by atoms with Gasteiger partial charge in [0.25, 0.3) is 0 Å². The quantitative estimate of drug-likeness (QED) is 0.419. The Morgan fingerprint density at radius 3 is 2.78 bits per heavy atom. The number of hydrogen-bond acceptors (Lipinski definition) is 3. The zero-order chi connectivity index (χ0) is 22.1. The Kier molecular flexibility index (Phi) is 4.48. The lowest BCUT2D eigenvalue weighted by Gasteiger charge is -2.57. The Balaban J connectivity index is 1.30. The van der Waals surface area contributed by atoms with E-state index in [4.69, 9.17) is 4.74 Å². The average molecular weight is 431 g/mol. The van der Waals surface area contributed by atoms with Crippen molar-refractivity contribution in [1.29, 1.82) is 0 Å². The number of imidazole rings is 1. The Hall–Kier alpha value is -2.36. The molecule has 0 radical (unpaired) electrons. The van der Waals surface area contributed by atoms with Crippen LogP contribution in [0, 0.1) is 28.6 Å². The molecular formula is C28H34N2O2. The van der Waals surface area contributed by atoms with E-state index in [9.17, 15) is 4.79 Å². The van der Waals surface area contributed by atoms with Crippen LogP contribution < -0.4 is 0 Å². The third-order valence-corrected chi connectivity index (χ3v) is 9.67. The molecule has 0 aliphatic heterocycles. The molecule has 4 aliphatic carbocycles. The summed E-state index contributed by atoms with van der Waals surface area (Å²) in [5.74, 6) is 2.04. The van der Waals surface area contributed by atoms with Gasteiger partial charge in [-0.25, -0.2) is 4.98 Å². The second-order valence-corrected chi connectivity index (χ2v) is 11.1. The van der Waals surface area contributed by atoms with Gasteiger partial charge >= 0.3 is 5.97 Å². The van der Waals surface area contributed by atoms with Crippen molar-refractivity contribution in [3.63, 3.8) is 0 Å². The van der Waals surface area contributed by atoms with E-state index < -0.39 is 0 Å². The zero-order valence-electron chi connectivity index (χ0n) is 19.5. The lowest BCUT2D eigenvalue weighted by atomic mass is 9.47. The maximum Gasteiger partial charge on any atom is 0.302 e. The fraction of sp³-hybridized carbons (Fsp3) is 0.571. The van der Waals surface area contributed by atoms with Crippen LogP contribution in [0.15, 0.2) is 48.3 Å². The Labute approximate surface area is 190 Å². The van der Waals surface area contributed by atoms with Crippen molar-refractivity contribution in [3.8, 4) is 0 Å². The van der Waals surface area contributed by atoms with Gasteiger partial charge in [-0.3, -0.25) is 4.79 Å². The van der Waals surface area contributed by atoms with Crippen LogP contribution in [-0.2, 0) is 9.53 Å². The second kappa shape index (κ2) is 7.07. The number of aromatic nitrogens is 2. The molecule has 2 aromatic rings. The van der Waals surface area contributed by atoms with Gasteiger partial charge in [0.15, 0.2) is 0 Å². The molecule has 0 unspecified atom stereocenters. The number of pyridine rings is 1. The van der Waals surface area contributed by atoms with Crippen molar-refractivity contribution >= 4 is 17.2 Å². The maximum atomic E-state index is 11.5. The van der Waals surface area contributed by atoms with Gasteiger partial charge in [-0.05, 0) is 84.8 Å². The molecule has 6 atom stereocenters. The lowest BCUT2D eigenvalue weighted by molar-refractivity contribution is -0.148. The molecule has 0 aromatic carbocycles. The van der Waals surface area contributed by atoms with Crippen LogP contribution in [0.5, 0.6) is 0 Å². The van der Waals surface area contributed by atoms with Crippen molar-refractivity contribution in [1.82, 2.24) is 9.38 Å². The molecule has 0 spiro atoms. The molecule has 2 fully saturated rings. The molecule has 2 saturated carbocycles. The maximum absolute atomic E-state index is 11.5. The lowest BCUT2D eigenvalue weighted by Crippen LogP contribution is -2.50. The van der Waals surface area contributed by atoms with Gasteiger partial charge < -0.3 is 9.14 Å². The topological polar surface area (TPSA) is 43.6 Å². The molecule has 0 saturated heterocycles. The molecule has 2 aromatic heterocycles. The monoisotopic (exact) mass is 430 g/mol. The summed E-state index contributed by atoms with van der Waals surface area (Å²) >= 11 is 0. The molecule has 4 heteroatoms. The molecule has 0 bridgehead atoms. The fourth-order valence-corrected chi connectivity index (χ4v) is 8.06. The van der Waals surface area contributed by atoms with Crippen LogP contribution >= 0.6 is 0 Å². The van der Waals surface area contributed by atoms with Gasteiger partial charge in [-0.1, -0.05) is 37.6 Å². The molecule has 168 valence electrons. The Morgan fingerprint density at radius 1 is 1.09 bits per heavy atom. The predicted octanol–water partition coefficient (Wildman–Crippen LogP) is 6.22. The van der Waals surface area contributed by atoms with E-state index in [1.807, 2.05) is 0 Å². The van der Waals surface area contributed by atoms with E-state index in [-0.39, 0.29) is 22.9 Å². The van der Waals surface area contributed by atoms with Crippen LogP contribution in [0.4, 0.5) is 0 Å². The van der Waals surface area contributed by atoms with E-state index in [0.29, 0.717) is 5.92 Å².